The summed E-state index contributed by atoms with van der Waals surface area (Å²) in [4.78, 5) is 26.8. The summed E-state index contributed by atoms with van der Waals surface area (Å²) in [6.45, 7) is 7.31. The summed E-state index contributed by atoms with van der Waals surface area (Å²) < 4.78 is 5.09. The van der Waals surface area contributed by atoms with Crippen molar-refractivity contribution in [1.29, 1.82) is 0 Å². The molecular formula is C18H28N2O4. The van der Waals surface area contributed by atoms with Gasteiger partial charge in [0.2, 0.25) is 5.91 Å². The van der Waals surface area contributed by atoms with Gasteiger partial charge in [0, 0.05) is 19.7 Å². The number of furan rings is 1. The third kappa shape index (κ3) is 3.98. The molecule has 2 amide bonds. The lowest BCUT2D eigenvalue weighted by Gasteiger charge is -2.41. The first kappa shape index (κ1) is 18.5. The number of aliphatic hydroxyl groups is 1. The van der Waals surface area contributed by atoms with Crippen LogP contribution in [0.15, 0.2) is 22.8 Å². The third-order valence-corrected chi connectivity index (χ3v) is 5.19. The lowest BCUT2D eigenvalue weighted by molar-refractivity contribution is -0.137. The summed E-state index contributed by atoms with van der Waals surface area (Å²) >= 11 is 0. The van der Waals surface area contributed by atoms with E-state index in [2.05, 4.69) is 12.2 Å². The molecule has 0 radical (unpaired) electrons. The number of aliphatic hydroxyl groups excluding tert-OH is 1. The van der Waals surface area contributed by atoms with Crippen molar-refractivity contribution >= 4 is 11.8 Å². The van der Waals surface area contributed by atoms with Gasteiger partial charge < -0.3 is 19.7 Å². The fourth-order valence-electron chi connectivity index (χ4n) is 3.16. The molecule has 0 saturated carbocycles. The van der Waals surface area contributed by atoms with E-state index >= 15 is 0 Å². The molecular weight excluding hydrogens is 308 g/mol. The van der Waals surface area contributed by atoms with E-state index in [-0.39, 0.29) is 35.5 Å². The van der Waals surface area contributed by atoms with Gasteiger partial charge in [0.1, 0.15) is 6.04 Å². The molecule has 0 bridgehead atoms. The molecule has 6 heteroatoms. The Balaban J connectivity index is 2.01. The second kappa shape index (κ2) is 7.83. The molecule has 0 aliphatic carbocycles. The zero-order valence-corrected chi connectivity index (χ0v) is 14.7. The normalized spacial score (nSPS) is 18.5. The maximum atomic E-state index is 12.9. The van der Waals surface area contributed by atoms with E-state index < -0.39 is 6.04 Å². The van der Waals surface area contributed by atoms with Gasteiger partial charge in [-0.2, -0.15) is 0 Å². The minimum absolute atomic E-state index is 0.0212. The zero-order valence-electron chi connectivity index (χ0n) is 14.7. The van der Waals surface area contributed by atoms with Gasteiger partial charge in [-0.25, -0.2) is 0 Å². The maximum absolute atomic E-state index is 12.9. The van der Waals surface area contributed by atoms with Crippen molar-refractivity contribution in [1.82, 2.24) is 10.2 Å². The molecule has 0 aromatic carbocycles. The molecule has 1 aliphatic rings. The van der Waals surface area contributed by atoms with Crippen LogP contribution in [0.4, 0.5) is 0 Å². The highest BCUT2D eigenvalue weighted by Crippen LogP contribution is 2.34. The van der Waals surface area contributed by atoms with E-state index in [1.54, 1.807) is 17.0 Å². The lowest BCUT2D eigenvalue weighted by atomic mass is 9.77. The minimum atomic E-state index is -0.578. The Hall–Kier alpha value is -1.82. The number of carbonyl (C=O) groups excluding carboxylic acids is 2. The topological polar surface area (TPSA) is 82.8 Å². The van der Waals surface area contributed by atoms with Crippen LogP contribution in [0.25, 0.3) is 0 Å². The average Bonchev–Trinajstić information content (AvgIpc) is 3.13. The Morgan fingerprint density at radius 3 is 2.50 bits per heavy atom. The first-order valence-corrected chi connectivity index (χ1v) is 8.66. The Morgan fingerprint density at radius 1 is 1.38 bits per heavy atom. The largest absolute Gasteiger partial charge is 0.459 e. The number of amides is 2. The van der Waals surface area contributed by atoms with Gasteiger partial charge in [0.25, 0.3) is 5.91 Å². The van der Waals surface area contributed by atoms with E-state index in [1.165, 1.54) is 6.26 Å². The quantitative estimate of drug-likeness (QED) is 0.833. The van der Waals surface area contributed by atoms with Crippen molar-refractivity contribution in [2.24, 2.45) is 11.3 Å². The van der Waals surface area contributed by atoms with Gasteiger partial charge in [-0.3, -0.25) is 9.59 Å². The number of hydrogen-bond acceptors (Lipinski definition) is 4. The maximum Gasteiger partial charge on any atom is 0.287 e. The Morgan fingerprint density at radius 2 is 2.04 bits per heavy atom. The minimum Gasteiger partial charge on any atom is -0.459 e. The van der Waals surface area contributed by atoms with Crippen LogP contribution < -0.4 is 5.32 Å². The SMILES string of the molecule is CCC1(CO)CCN(C(=O)C(NC(=O)c2ccco2)C(C)C)CC1. The zero-order chi connectivity index (χ0) is 17.7. The van der Waals surface area contributed by atoms with E-state index in [0.29, 0.717) is 13.1 Å². The smallest absolute Gasteiger partial charge is 0.287 e. The van der Waals surface area contributed by atoms with Crippen molar-refractivity contribution in [2.45, 2.75) is 46.1 Å². The molecule has 134 valence electrons. The number of likely N-dealkylation sites (tertiary alicyclic amines) is 1. The van der Waals surface area contributed by atoms with Crippen molar-refractivity contribution in [2.75, 3.05) is 19.7 Å². The van der Waals surface area contributed by atoms with E-state index in [4.69, 9.17) is 4.42 Å². The van der Waals surface area contributed by atoms with Crippen molar-refractivity contribution in [3.63, 3.8) is 0 Å². The second-order valence-electron chi connectivity index (χ2n) is 7.01. The molecule has 2 N–H and O–H groups in total. The average molecular weight is 336 g/mol. The standard InChI is InChI=1S/C18H28N2O4/c1-4-18(12-21)7-9-20(10-8-18)17(23)15(13(2)3)19-16(22)14-6-5-11-24-14/h5-6,11,13,15,21H,4,7-10,12H2,1-3H3,(H,19,22). The monoisotopic (exact) mass is 336 g/mol. The summed E-state index contributed by atoms with van der Waals surface area (Å²) in [6, 6.07) is 2.64. The van der Waals surface area contributed by atoms with E-state index in [1.807, 2.05) is 13.8 Å². The Bertz CT molecular complexity index is 539. The molecule has 0 spiro atoms. The number of carbonyl (C=O) groups is 2. The van der Waals surface area contributed by atoms with Crippen LogP contribution in [0.3, 0.4) is 0 Å². The van der Waals surface area contributed by atoms with Gasteiger partial charge in [-0.05, 0) is 42.7 Å². The fraction of sp³-hybridized carbons (Fsp3) is 0.667. The number of nitrogens with zero attached hydrogens (tertiary/aromatic N) is 1. The lowest BCUT2D eigenvalue weighted by Crippen LogP contribution is -2.54. The highest BCUT2D eigenvalue weighted by Gasteiger charge is 2.37. The van der Waals surface area contributed by atoms with Crippen LogP contribution in [0.2, 0.25) is 0 Å². The van der Waals surface area contributed by atoms with Gasteiger partial charge >= 0.3 is 0 Å². The van der Waals surface area contributed by atoms with Crippen LogP contribution in [0, 0.1) is 11.3 Å². The van der Waals surface area contributed by atoms with Gasteiger partial charge in [-0.1, -0.05) is 20.8 Å². The summed E-state index contributed by atoms with van der Waals surface area (Å²) in [7, 11) is 0. The van der Waals surface area contributed by atoms with Crippen LogP contribution in [-0.4, -0.2) is 47.6 Å². The predicted octanol–water partition coefficient (Wildman–Crippen LogP) is 2.05. The molecule has 1 unspecified atom stereocenters. The van der Waals surface area contributed by atoms with E-state index in [0.717, 1.165) is 19.3 Å². The number of piperidine rings is 1. The molecule has 1 fully saturated rings. The first-order chi connectivity index (χ1) is 11.4. The van der Waals surface area contributed by atoms with Crippen molar-refractivity contribution in [3.8, 4) is 0 Å². The van der Waals surface area contributed by atoms with Crippen LogP contribution in [0.1, 0.15) is 50.6 Å². The molecule has 24 heavy (non-hydrogen) atoms. The molecule has 2 rings (SSSR count). The van der Waals surface area contributed by atoms with Crippen molar-refractivity contribution in [3.05, 3.63) is 24.2 Å². The fourth-order valence-corrected chi connectivity index (χ4v) is 3.16. The summed E-state index contributed by atoms with van der Waals surface area (Å²) in [5.41, 5.74) is -0.0679. The number of nitrogens with one attached hydrogen (secondary N) is 1. The van der Waals surface area contributed by atoms with Crippen LogP contribution >= 0.6 is 0 Å². The number of hydrogen-bond donors (Lipinski definition) is 2. The Kier molecular flexibility index (Phi) is 6.04. The summed E-state index contributed by atoms with van der Waals surface area (Å²) in [6.07, 6.45) is 3.94. The van der Waals surface area contributed by atoms with E-state index in [9.17, 15) is 14.7 Å². The number of rotatable bonds is 6. The molecule has 1 aromatic rings. The van der Waals surface area contributed by atoms with Gasteiger partial charge in [0.05, 0.1) is 6.26 Å². The second-order valence-corrected chi connectivity index (χ2v) is 7.01. The first-order valence-electron chi connectivity index (χ1n) is 8.66. The third-order valence-electron chi connectivity index (χ3n) is 5.19. The molecule has 6 nitrogen and oxygen atoms in total. The van der Waals surface area contributed by atoms with Gasteiger partial charge in [-0.15, -0.1) is 0 Å². The highest BCUT2D eigenvalue weighted by molar-refractivity contribution is 5.95. The van der Waals surface area contributed by atoms with Crippen molar-refractivity contribution < 1.29 is 19.1 Å². The predicted molar refractivity (Wildman–Crippen MR) is 90.4 cm³/mol. The molecule has 1 aliphatic heterocycles. The molecule has 1 saturated heterocycles. The summed E-state index contributed by atoms with van der Waals surface area (Å²) in [5, 5.41) is 12.4. The molecule has 1 aromatic heterocycles. The van der Waals surface area contributed by atoms with Gasteiger partial charge in [0.15, 0.2) is 5.76 Å². The Labute approximate surface area is 143 Å². The highest BCUT2D eigenvalue weighted by atomic mass is 16.3. The molecule has 2 heterocycles. The van der Waals surface area contributed by atoms with Crippen LogP contribution in [-0.2, 0) is 4.79 Å². The summed E-state index contributed by atoms with van der Waals surface area (Å²) in [5.74, 6) is -0.251. The van der Waals surface area contributed by atoms with Crippen LogP contribution in [0.5, 0.6) is 0 Å². The molecule has 1 atom stereocenters.